The molecule has 1 saturated heterocycles. The normalized spacial score (nSPS) is 17.9. The van der Waals surface area contributed by atoms with Gasteiger partial charge in [-0.1, -0.05) is 19.1 Å². The molecule has 0 bridgehead atoms. The minimum absolute atomic E-state index is 0.125. The molecule has 31 heavy (non-hydrogen) atoms. The molecule has 1 heterocycles. The van der Waals surface area contributed by atoms with E-state index in [4.69, 9.17) is 0 Å². The van der Waals surface area contributed by atoms with Crippen molar-refractivity contribution in [2.45, 2.75) is 49.4 Å². The van der Waals surface area contributed by atoms with Crippen molar-refractivity contribution in [3.8, 4) is 0 Å². The summed E-state index contributed by atoms with van der Waals surface area (Å²) in [4.78, 5) is 14.8. The number of thioether (sulfide) groups is 1. The summed E-state index contributed by atoms with van der Waals surface area (Å²) in [5.41, 5.74) is 2.58. The Kier molecular flexibility index (Phi) is 7.67. The molecule has 0 radical (unpaired) electrons. The van der Waals surface area contributed by atoms with Crippen molar-refractivity contribution in [2.24, 2.45) is 5.92 Å². The van der Waals surface area contributed by atoms with Gasteiger partial charge in [0.05, 0.1) is 10.6 Å². The number of hydrogen-bond acceptors (Lipinski definition) is 5. The van der Waals surface area contributed by atoms with E-state index in [9.17, 15) is 13.2 Å². The molecule has 1 aliphatic heterocycles. The molecular formula is C23H31N3O3S2. The van der Waals surface area contributed by atoms with Gasteiger partial charge in [0.15, 0.2) is 0 Å². The molecule has 1 fully saturated rings. The van der Waals surface area contributed by atoms with Crippen LogP contribution >= 0.6 is 11.8 Å². The molecule has 6 nitrogen and oxygen atoms in total. The van der Waals surface area contributed by atoms with Gasteiger partial charge in [-0.3, -0.25) is 4.79 Å². The number of carbonyl (C=O) groups is 1. The Morgan fingerprint density at radius 1 is 1.19 bits per heavy atom. The van der Waals surface area contributed by atoms with E-state index < -0.39 is 10.0 Å². The molecule has 2 N–H and O–H groups in total. The molecule has 3 rings (SSSR count). The molecule has 8 heteroatoms. The summed E-state index contributed by atoms with van der Waals surface area (Å²) < 4.78 is 28.7. The third kappa shape index (κ3) is 6.02. The molecule has 0 saturated carbocycles. The smallest absolute Gasteiger partial charge is 0.241 e. The lowest BCUT2D eigenvalue weighted by atomic mass is 9.99. The van der Waals surface area contributed by atoms with Crippen molar-refractivity contribution in [1.82, 2.24) is 4.72 Å². The lowest BCUT2D eigenvalue weighted by Gasteiger charge is -2.33. The van der Waals surface area contributed by atoms with Gasteiger partial charge in [-0.2, -0.15) is 0 Å². The van der Waals surface area contributed by atoms with Crippen molar-refractivity contribution in [3.63, 3.8) is 0 Å². The minimum atomic E-state index is -3.75. The lowest BCUT2D eigenvalue weighted by molar-refractivity contribution is -0.114. The number of hydrogen-bond donors (Lipinski definition) is 2. The number of amides is 1. The van der Waals surface area contributed by atoms with Crippen LogP contribution in [-0.2, 0) is 14.8 Å². The highest BCUT2D eigenvalue weighted by molar-refractivity contribution is 7.98. The number of carbonyl (C=O) groups excluding carboxylic acids is 1. The van der Waals surface area contributed by atoms with Crippen molar-refractivity contribution in [1.29, 1.82) is 0 Å². The Hall–Kier alpha value is -2.03. The first-order valence-corrected chi connectivity index (χ1v) is 13.2. The third-order valence-electron chi connectivity index (χ3n) is 5.54. The zero-order chi connectivity index (χ0) is 22.6. The largest absolute Gasteiger partial charge is 0.371 e. The number of anilines is 2. The summed E-state index contributed by atoms with van der Waals surface area (Å²) >= 11 is 1.45. The fourth-order valence-corrected chi connectivity index (χ4v) is 5.70. The highest BCUT2D eigenvalue weighted by Crippen LogP contribution is 2.29. The molecule has 1 amide bonds. The van der Waals surface area contributed by atoms with Gasteiger partial charge in [0.2, 0.25) is 15.9 Å². The van der Waals surface area contributed by atoms with Crippen LogP contribution < -0.4 is 14.9 Å². The molecule has 2 atom stereocenters. The third-order valence-corrected chi connectivity index (χ3v) is 7.87. The summed E-state index contributed by atoms with van der Waals surface area (Å²) in [6, 6.07) is 12.5. The van der Waals surface area contributed by atoms with Crippen LogP contribution in [0.3, 0.4) is 0 Å². The van der Waals surface area contributed by atoms with Crippen LogP contribution in [0.2, 0.25) is 0 Å². The summed E-state index contributed by atoms with van der Waals surface area (Å²) in [5, 5.41) is 2.71. The lowest BCUT2D eigenvalue weighted by Crippen LogP contribution is -2.34. The van der Waals surface area contributed by atoms with E-state index >= 15 is 0 Å². The molecule has 2 aromatic rings. The van der Waals surface area contributed by atoms with Gasteiger partial charge >= 0.3 is 0 Å². The Balaban J connectivity index is 1.74. The zero-order valence-corrected chi connectivity index (χ0v) is 20.1. The van der Waals surface area contributed by atoms with Crippen LogP contribution in [0.4, 0.5) is 11.4 Å². The van der Waals surface area contributed by atoms with Gasteiger partial charge in [-0.15, -0.1) is 11.8 Å². The van der Waals surface area contributed by atoms with E-state index in [2.05, 4.69) is 34.0 Å². The van der Waals surface area contributed by atoms with Crippen LogP contribution in [0.1, 0.15) is 45.2 Å². The average molecular weight is 462 g/mol. The molecule has 168 valence electrons. The highest BCUT2D eigenvalue weighted by atomic mass is 32.2. The number of rotatable bonds is 7. The van der Waals surface area contributed by atoms with Gasteiger partial charge in [0.1, 0.15) is 0 Å². The number of nitrogens with zero attached hydrogens (tertiary/aromatic N) is 1. The van der Waals surface area contributed by atoms with E-state index in [0.717, 1.165) is 23.5 Å². The Morgan fingerprint density at radius 3 is 2.52 bits per heavy atom. The molecular weight excluding hydrogens is 430 g/mol. The van der Waals surface area contributed by atoms with E-state index in [1.165, 1.54) is 43.3 Å². The summed E-state index contributed by atoms with van der Waals surface area (Å²) in [7, 11) is -3.75. The second-order valence-corrected chi connectivity index (χ2v) is 10.7. The van der Waals surface area contributed by atoms with Gasteiger partial charge in [-0.25, -0.2) is 13.1 Å². The number of sulfonamides is 1. The van der Waals surface area contributed by atoms with E-state index in [1.807, 2.05) is 25.3 Å². The van der Waals surface area contributed by atoms with Gasteiger partial charge in [-0.05, 0) is 67.8 Å². The Labute approximate surface area is 189 Å². The van der Waals surface area contributed by atoms with Gasteiger partial charge in [0.25, 0.3) is 0 Å². The fourth-order valence-electron chi connectivity index (χ4n) is 3.91. The van der Waals surface area contributed by atoms with Crippen molar-refractivity contribution in [3.05, 3.63) is 48.0 Å². The number of benzene rings is 2. The first-order valence-electron chi connectivity index (χ1n) is 10.5. The predicted molar refractivity (Wildman–Crippen MR) is 128 cm³/mol. The number of nitrogens with one attached hydrogen (secondary N) is 2. The standard InChI is InChI=1S/C23H31N3O3S2/c1-16-6-5-13-26(15-16)20-9-7-19(8-10-20)17(2)25-31(28,29)21-11-12-23(30-4)22(14-21)24-18(3)27/h7-12,14,16-17,25H,5-6,13,15H2,1-4H3,(H,24,27)/t16-,17+/m0/s1. The number of piperidine rings is 1. The molecule has 0 unspecified atom stereocenters. The average Bonchev–Trinajstić information content (AvgIpc) is 2.73. The quantitative estimate of drug-likeness (QED) is 0.587. The van der Waals surface area contributed by atoms with Gasteiger partial charge < -0.3 is 10.2 Å². The van der Waals surface area contributed by atoms with E-state index in [-0.39, 0.29) is 16.8 Å². The van der Waals surface area contributed by atoms with Gasteiger partial charge in [0, 0.05) is 36.6 Å². The summed E-state index contributed by atoms with van der Waals surface area (Å²) in [5.74, 6) is 0.452. The maximum Gasteiger partial charge on any atom is 0.241 e. The van der Waals surface area contributed by atoms with Crippen LogP contribution in [0, 0.1) is 5.92 Å². The maximum atomic E-state index is 13.0. The van der Waals surface area contributed by atoms with Crippen molar-refractivity contribution < 1.29 is 13.2 Å². The molecule has 2 aromatic carbocycles. The van der Waals surface area contributed by atoms with E-state index in [0.29, 0.717) is 11.6 Å². The minimum Gasteiger partial charge on any atom is -0.371 e. The van der Waals surface area contributed by atoms with Crippen LogP contribution in [0.5, 0.6) is 0 Å². The topological polar surface area (TPSA) is 78.5 Å². The molecule has 1 aliphatic rings. The summed E-state index contributed by atoms with van der Waals surface area (Å²) in [6.45, 7) is 7.64. The van der Waals surface area contributed by atoms with E-state index in [1.54, 1.807) is 12.1 Å². The van der Waals surface area contributed by atoms with Crippen LogP contribution in [0.25, 0.3) is 0 Å². The molecule has 0 aromatic heterocycles. The Morgan fingerprint density at radius 2 is 1.90 bits per heavy atom. The molecule has 0 aliphatic carbocycles. The second-order valence-electron chi connectivity index (χ2n) is 8.17. The molecule has 0 spiro atoms. The van der Waals surface area contributed by atoms with Crippen LogP contribution in [0.15, 0.2) is 52.3 Å². The Bertz CT molecular complexity index is 1020. The fraction of sp³-hybridized carbons (Fsp3) is 0.435. The summed E-state index contributed by atoms with van der Waals surface area (Å²) in [6.07, 6.45) is 4.35. The second kappa shape index (κ2) is 10.1. The first-order chi connectivity index (χ1) is 14.7. The SMILES string of the molecule is CSc1ccc(S(=O)(=O)N[C@H](C)c2ccc(N3CCC[C@H](C)C3)cc2)cc1NC(C)=O. The zero-order valence-electron chi connectivity index (χ0n) is 18.5. The maximum absolute atomic E-state index is 13.0. The van der Waals surface area contributed by atoms with Crippen molar-refractivity contribution >= 4 is 39.1 Å². The predicted octanol–water partition coefficient (Wildman–Crippen LogP) is 4.64. The van der Waals surface area contributed by atoms with Crippen LogP contribution in [-0.4, -0.2) is 33.7 Å². The monoisotopic (exact) mass is 461 g/mol. The first kappa shape index (κ1) is 23.6. The van der Waals surface area contributed by atoms with Crippen molar-refractivity contribution in [2.75, 3.05) is 29.6 Å². The highest BCUT2D eigenvalue weighted by Gasteiger charge is 2.21.